The number of likely N-dealkylation sites (tertiary alicyclic amines) is 1. The van der Waals surface area contributed by atoms with Gasteiger partial charge in [-0.05, 0) is 69.9 Å². The summed E-state index contributed by atoms with van der Waals surface area (Å²) in [5.74, 6) is 2.39. The Morgan fingerprint density at radius 2 is 2.08 bits per heavy atom. The quantitative estimate of drug-likeness (QED) is 0.293. The second-order valence-electron chi connectivity index (χ2n) is 12.1. The number of rotatable bonds is 11. The smallest absolute Gasteiger partial charge is 0.222 e. The highest BCUT2D eigenvalue weighted by Gasteiger charge is 2.67. The van der Waals surface area contributed by atoms with E-state index < -0.39 is 0 Å². The zero-order valence-electron chi connectivity index (χ0n) is 24.1. The van der Waals surface area contributed by atoms with Crippen molar-refractivity contribution >= 4 is 5.91 Å². The van der Waals surface area contributed by atoms with Crippen LogP contribution in [-0.2, 0) is 23.1 Å². The fourth-order valence-corrected chi connectivity index (χ4v) is 8.68. The Hall–Kier alpha value is -2.99. The van der Waals surface area contributed by atoms with Gasteiger partial charge in [0.05, 0.1) is 13.2 Å². The predicted molar refractivity (Wildman–Crippen MR) is 157 cm³/mol. The predicted octanol–water partition coefficient (Wildman–Crippen LogP) is 5.65. The van der Waals surface area contributed by atoms with Gasteiger partial charge in [-0.3, -0.25) is 9.69 Å². The Labute approximate surface area is 239 Å². The molecule has 1 saturated heterocycles. The number of phenols is 1. The van der Waals surface area contributed by atoms with Crippen molar-refractivity contribution in [2.45, 2.75) is 88.3 Å². The van der Waals surface area contributed by atoms with Crippen molar-refractivity contribution in [1.82, 2.24) is 9.80 Å². The highest BCUT2D eigenvalue weighted by atomic mass is 16.5. The van der Waals surface area contributed by atoms with Crippen LogP contribution in [0.1, 0.15) is 68.6 Å². The van der Waals surface area contributed by atoms with E-state index in [0.717, 1.165) is 75.8 Å². The summed E-state index contributed by atoms with van der Waals surface area (Å²) in [5, 5.41) is 11.2. The van der Waals surface area contributed by atoms with E-state index in [1.807, 2.05) is 6.08 Å². The average molecular weight is 545 g/mol. The van der Waals surface area contributed by atoms with Crippen LogP contribution in [-0.4, -0.2) is 65.7 Å². The number of hydrogen-bond acceptors (Lipinski definition) is 5. The number of phenolic OH excluding ortho intramolecular Hbond substituents is 1. The zero-order chi connectivity index (χ0) is 27.9. The Morgan fingerprint density at radius 1 is 1.25 bits per heavy atom. The molecule has 0 unspecified atom stereocenters. The molecule has 0 radical (unpaired) electrons. The van der Waals surface area contributed by atoms with E-state index >= 15 is 0 Å². The molecule has 2 heterocycles. The molecule has 2 bridgehead atoms. The molecular formula is C34H44N2O4. The number of amides is 1. The van der Waals surface area contributed by atoms with Crippen LogP contribution in [0.25, 0.3) is 0 Å². The first kappa shape index (κ1) is 27.2. The summed E-state index contributed by atoms with van der Waals surface area (Å²) in [7, 11) is 1.65. The van der Waals surface area contributed by atoms with Crippen molar-refractivity contribution in [2.24, 2.45) is 5.92 Å². The maximum Gasteiger partial charge on any atom is 0.222 e. The van der Waals surface area contributed by atoms with E-state index in [-0.39, 0.29) is 23.5 Å². The lowest BCUT2D eigenvalue weighted by Gasteiger charge is -2.60. The van der Waals surface area contributed by atoms with Crippen LogP contribution in [0.4, 0.5) is 0 Å². The van der Waals surface area contributed by atoms with Gasteiger partial charge in [0.15, 0.2) is 11.5 Å². The first-order chi connectivity index (χ1) is 19.5. The summed E-state index contributed by atoms with van der Waals surface area (Å²) in [4.78, 5) is 18.4. The molecule has 0 aromatic heterocycles. The van der Waals surface area contributed by atoms with Crippen LogP contribution in [0.5, 0.6) is 17.2 Å². The number of carbonyl (C=O) groups is 1. The van der Waals surface area contributed by atoms with E-state index in [2.05, 4.69) is 53.6 Å². The van der Waals surface area contributed by atoms with Gasteiger partial charge >= 0.3 is 0 Å². The van der Waals surface area contributed by atoms with Gasteiger partial charge in [0, 0.05) is 48.2 Å². The number of methoxy groups -OCH3 is 1. The van der Waals surface area contributed by atoms with Gasteiger partial charge in [-0.2, -0.15) is 0 Å². The molecule has 6 heteroatoms. The van der Waals surface area contributed by atoms with Gasteiger partial charge in [-0.15, -0.1) is 6.58 Å². The first-order valence-electron chi connectivity index (χ1n) is 15.3. The first-order valence-corrected chi connectivity index (χ1v) is 15.3. The lowest BCUT2D eigenvalue weighted by Crippen LogP contribution is -2.69. The summed E-state index contributed by atoms with van der Waals surface area (Å²) in [6.07, 6.45) is 10.4. The van der Waals surface area contributed by atoms with E-state index in [0.29, 0.717) is 36.4 Å². The SMILES string of the molecule is C=CCN1CC[C@]23c4c5c(O)cc(OC)c4O[C@H]2[C@@H](N(CC)C(=O)CCCCCc2ccccc2)CC[C@H]3[C@H]1C5. The van der Waals surface area contributed by atoms with Crippen molar-refractivity contribution in [3.63, 3.8) is 0 Å². The minimum Gasteiger partial charge on any atom is -0.508 e. The maximum atomic E-state index is 13.7. The highest BCUT2D eigenvalue weighted by Crippen LogP contribution is 2.65. The maximum absolute atomic E-state index is 13.7. The molecule has 1 saturated carbocycles. The Balaban J connectivity index is 1.24. The van der Waals surface area contributed by atoms with Gasteiger partial charge in [-0.25, -0.2) is 0 Å². The third kappa shape index (κ3) is 4.30. The molecule has 1 amide bonds. The minimum atomic E-state index is -0.205. The minimum absolute atomic E-state index is 0.0230. The molecule has 2 aromatic carbocycles. The molecule has 214 valence electrons. The monoisotopic (exact) mass is 544 g/mol. The molecule has 2 fully saturated rings. The van der Waals surface area contributed by atoms with Gasteiger partial charge in [-0.1, -0.05) is 42.8 Å². The number of likely N-dealkylation sites (N-methyl/N-ethyl adjacent to an activating group) is 1. The molecule has 4 aliphatic rings. The van der Waals surface area contributed by atoms with Gasteiger partial charge < -0.3 is 19.5 Å². The van der Waals surface area contributed by atoms with Crippen LogP contribution in [0, 0.1) is 5.92 Å². The molecule has 40 heavy (non-hydrogen) atoms. The normalized spacial score (nSPS) is 27.9. The van der Waals surface area contributed by atoms with E-state index in [4.69, 9.17) is 9.47 Å². The Kier molecular flexibility index (Phi) is 7.56. The molecule has 6 rings (SSSR count). The molecule has 6 nitrogen and oxygen atoms in total. The van der Waals surface area contributed by atoms with Crippen molar-refractivity contribution in [3.8, 4) is 17.2 Å². The van der Waals surface area contributed by atoms with Gasteiger partial charge in [0.1, 0.15) is 11.9 Å². The van der Waals surface area contributed by atoms with Gasteiger partial charge in [0.25, 0.3) is 0 Å². The van der Waals surface area contributed by atoms with E-state index in [1.54, 1.807) is 13.2 Å². The summed E-state index contributed by atoms with van der Waals surface area (Å²) < 4.78 is 12.7. The third-order valence-electron chi connectivity index (χ3n) is 10.3. The number of hydrogen-bond donors (Lipinski definition) is 1. The number of carbonyl (C=O) groups excluding carboxylic acids is 1. The standard InChI is InChI=1S/C34H44N2O4/c1-4-19-35-20-18-34-25-16-17-26(36(5-2)30(38)15-11-7-10-14-23-12-8-6-9-13-23)33(34)40-32-29(39-3)22-28(37)24(31(32)34)21-27(25)35/h4,6,8-9,12-13,22,25-27,33,37H,1,5,7,10-11,14-21H2,2-3H3/t25-,26-,27+,33-,34-/m0/s1. The largest absolute Gasteiger partial charge is 0.508 e. The lowest BCUT2D eigenvalue weighted by molar-refractivity contribution is -0.142. The number of ether oxygens (including phenoxy) is 2. The molecule has 1 spiro atoms. The molecule has 2 aliphatic carbocycles. The fourth-order valence-electron chi connectivity index (χ4n) is 8.68. The zero-order valence-corrected chi connectivity index (χ0v) is 24.1. The van der Waals surface area contributed by atoms with Crippen molar-refractivity contribution in [2.75, 3.05) is 26.7 Å². The topological polar surface area (TPSA) is 62.2 Å². The number of aromatic hydroxyl groups is 1. The number of piperidine rings is 1. The fraction of sp³-hybridized carbons (Fsp3) is 0.559. The second kappa shape index (κ2) is 11.1. The number of nitrogens with zero attached hydrogens (tertiary/aromatic N) is 2. The Morgan fingerprint density at radius 3 is 2.83 bits per heavy atom. The van der Waals surface area contributed by atoms with E-state index in [9.17, 15) is 9.90 Å². The van der Waals surface area contributed by atoms with Crippen LogP contribution in [0.15, 0.2) is 49.1 Å². The number of benzene rings is 2. The summed E-state index contributed by atoms with van der Waals surface area (Å²) in [5.41, 5.74) is 3.34. The van der Waals surface area contributed by atoms with E-state index in [1.165, 1.54) is 11.1 Å². The molecule has 5 atom stereocenters. The molecule has 2 aromatic rings. The summed E-state index contributed by atoms with van der Waals surface area (Å²) in [6, 6.07) is 12.7. The summed E-state index contributed by atoms with van der Waals surface area (Å²) in [6.45, 7) is 8.63. The molecule has 1 N–H and O–H groups in total. The summed E-state index contributed by atoms with van der Waals surface area (Å²) >= 11 is 0. The highest BCUT2D eigenvalue weighted by molar-refractivity contribution is 5.77. The third-order valence-corrected chi connectivity index (χ3v) is 10.3. The van der Waals surface area contributed by atoms with Crippen molar-refractivity contribution < 1.29 is 19.4 Å². The number of aryl methyl sites for hydroxylation is 1. The van der Waals surface area contributed by atoms with Crippen molar-refractivity contribution in [1.29, 1.82) is 0 Å². The van der Waals surface area contributed by atoms with Crippen LogP contribution >= 0.6 is 0 Å². The number of unbranched alkanes of at least 4 members (excludes halogenated alkanes) is 2. The van der Waals surface area contributed by atoms with Crippen LogP contribution in [0.3, 0.4) is 0 Å². The molecule has 2 aliphatic heterocycles. The van der Waals surface area contributed by atoms with Crippen LogP contribution in [0.2, 0.25) is 0 Å². The van der Waals surface area contributed by atoms with Crippen LogP contribution < -0.4 is 9.47 Å². The average Bonchev–Trinajstić information content (AvgIpc) is 3.31. The lowest BCUT2D eigenvalue weighted by atomic mass is 9.50. The van der Waals surface area contributed by atoms with Crippen molar-refractivity contribution in [3.05, 3.63) is 65.7 Å². The second-order valence-corrected chi connectivity index (χ2v) is 12.1. The Bertz CT molecular complexity index is 1250. The molecular weight excluding hydrogens is 500 g/mol. The van der Waals surface area contributed by atoms with Gasteiger partial charge in [0.2, 0.25) is 5.91 Å².